The molecule has 0 bridgehead atoms. The molecule has 0 unspecified atom stereocenters. The summed E-state index contributed by atoms with van der Waals surface area (Å²) in [6, 6.07) is 5.56. The lowest BCUT2D eigenvalue weighted by molar-refractivity contribution is 0.0991. The number of nitrogens with one attached hydrogen (secondary N) is 1. The summed E-state index contributed by atoms with van der Waals surface area (Å²) in [7, 11) is 1.60. The Morgan fingerprint density at radius 3 is 2.82 bits per heavy atom. The second kappa shape index (κ2) is 4.58. The summed E-state index contributed by atoms with van der Waals surface area (Å²) in [6.07, 6.45) is 1.56. The third-order valence-electron chi connectivity index (χ3n) is 2.27. The first-order valence-electron chi connectivity index (χ1n) is 4.80. The molecule has 0 radical (unpaired) electrons. The number of benzene rings is 1. The van der Waals surface area contributed by atoms with Gasteiger partial charge in [0.05, 0.1) is 23.5 Å². The Balaban J connectivity index is 2.39. The number of H-pyrrole nitrogens is 1. The van der Waals surface area contributed by atoms with Gasteiger partial charge in [0.2, 0.25) is 0 Å². The average molecular weight is 296 g/mol. The average Bonchev–Trinajstić information content (AvgIpc) is 2.78. The van der Waals surface area contributed by atoms with Crippen molar-refractivity contribution in [1.82, 2.24) is 9.97 Å². The molecule has 0 fully saturated rings. The van der Waals surface area contributed by atoms with E-state index in [4.69, 9.17) is 10.5 Å². The molecule has 5 nitrogen and oxygen atoms in total. The van der Waals surface area contributed by atoms with E-state index in [2.05, 4.69) is 25.9 Å². The van der Waals surface area contributed by atoms with Crippen molar-refractivity contribution >= 4 is 21.8 Å². The van der Waals surface area contributed by atoms with Crippen LogP contribution in [0, 0.1) is 0 Å². The number of imidazole rings is 1. The maximum absolute atomic E-state index is 10.9. The zero-order chi connectivity index (χ0) is 12.4. The summed E-state index contributed by atoms with van der Waals surface area (Å²) >= 11 is 3.39. The Kier molecular flexibility index (Phi) is 3.14. The molecule has 0 aliphatic carbocycles. The predicted molar refractivity (Wildman–Crippen MR) is 66.8 cm³/mol. The van der Waals surface area contributed by atoms with Crippen LogP contribution in [0.1, 0.15) is 10.6 Å². The van der Waals surface area contributed by atoms with Gasteiger partial charge in [-0.1, -0.05) is 0 Å². The largest absolute Gasteiger partial charge is 0.496 e. The van der Waals surface area contributed by atoms with Gasteiger partial charge in [0, 0.05) is 5.56 Å². The van der Waals surface area contributed by atoms with E-state index in [1.165, 1.54) is 0 Å². The number of nitrogens with two attached hydrogens (primary N) is 1. The van der Waals surface area contributed by atoms with E-state index in [1.807, 2.05) is 18.2 Å². The first-order valence-corrected chi connectivity index (χ1v) is 5.60. The van der Waals surface area contributed by atoms with Gasteiger partial charge in [0.1, 0.15) is 5.75 Å². The van der Waals surface area contributed by atoms with Crippen molar-refractivity contribution in [1.29, 1.82) is 0 Å². The van der Waals surface area contributed by atoms with Gasteiger partial charge in [-0.2, -0.15) is 0 Å². The van der Waals surface area contributed by atoms with Crippen LogP contribution < -0.4 is 10.5 Å². The first-order chi connectivity index (χ1) is 8.11. The number of carbonyl (C=O) groups excluding carboxylic acids is 1. The third-order valence-corrected chi connectivity index (χ3v) is 2.89. The fourth-order valence-electron chi connectivity index (χ4n) is 1.43. The van der Waals surface area contributed by atoms with Crippen LogP contribution in [-0.2, 0) is 0 Å². The Morgan fingerprint density at radius 1 is 1.53 bits per heavy atom. The molecule has 88 valence electrons. The Hall–Kier alpha value is -1.82. The summed E-state index contributed by atoms with van der Waals surface area (Å²) in [5.41, 5.74) is 6.73. The highest BCUT2D eigenvalue weighted by atomic mass is 79.9. The Labute approximate surface area is 106 Å². The summed E-state index contributed by atoms with van der Waals surface area (Å²) < 4.78 is 5.96. The number of halogens is 1. The molecule has 6 heteroatoms. The van der Waals surface area contributed by atoms with E-state index >= 15 is 0 Å². The maximum Gasteiger partial charge on any atom is 0.284 e. The lowest BCUT2D eigenvalue weighted by atomic mass is 10.2. The number of carbonyl (C=O) groups is 1. The number of aromatic nitrogens is 2. The number of amides is 1. The molecule has 1 aromatic heterocycles. The number of nitrogens with zero attached hydrogens (tertiary/aromatic N) is 1. The van der Waals surface area contributed by atoms with Crippen LogP contribution in [0.25, 0.3) is 11.3 Å². The zero-order valence-electron chi connectivity index (χ0n) is 9.03. The smallest absolute Gasteiger partial charge is 0.284 e. The van der Waals surface area contributed by atoms with E-state index in [0.29, 0.717) is 0 Å². The number of primary amides is 1. The molecule has 0 aliphatic rings. The second-order valence-corrected chi connectivity index (χ2v) is 4.21. The van der Waals surface area contributed by atoms with Crippen molar-refractivity contribution in [2.45, 2.75) is 0 Å². The summed E-state index contributed by atoms with van der Waals surface area (Å²) in [5, 5.41) is 0. The lowest BCUT2D eigenvalue weighted by Gasteiger charge is -2.04. The number of methoxy groups -OCH3 is 1. The van der Waals surface area contributed by atoms with Crippen LogP contribution in [0.2, 0.25) is 0 Å². The molecule has 0 spiro atoms. The third kappa shape index (κ3) is 2.31. The zero-order valence-corrected chi connectivity index (χ0v) is 10.6. The minimum Gasteiger partial charge on any atom is -0.496 e. The topological polar surface area (TPSA) is 81.0 Å². The lowest BCUT2D eigenvalue weighted by Crippen LogP contribution is -2.12. The standard InChI is InChI=1S/C11H10BrN3O2/c1-17-9-3-2-6(4-7(9)12)8-5-14-11(15-8)10(13)16/h2-5H,1H3,(H2,13,16)(H,14,15). The van der Waals surface area contributed by atoms with Gasteiger partial charge >= 0.3 is 0 Å². The molecule has 0 aliphatic heterocycles. The molecule has 0 saturated carbocycles. The van der Waals surface area contributed by atoms with Crippen LogP contribution >= 0.6 is 15.9 Å². The number of rotatable bonds is 3. The minimum atomic E-state index is -0.580. The van der Waals surface area contributed by atoms with E-state index in [9.17, 15) is 4.79 Å². The van der Waals surface area contributed by atoms with E-state index < -0.39 is 5.91 Å². The molecule has 2 aromatic rings. The van der Waals surface area contributed by atoms with Crippen molar-refractivity contribution < 1.29 is 9.53 Å². The highest BCUT2D eigenvalue weighted by Crippen LogP contribution is 2.29. The number of hydrogen-bond acceptors (Lipinski definition) is 3. The number of aromatic amines is 1. The predicted octanol–water partition coefficient (Wildman–Crippen LogP) is 1.95. The van der Waals surface area contributed by atoms with E-state index in [-0.39, 0.29) is 5.82 Å². The van der Waals surface area contributed by atoms with Crippen LogP contribution in [0.5, 0.6) is 5.75 Å². The van der Waals surface area contributed by atoms with Crippen LogP contribution in [0.15, 0.2) is 28.9 Å². The maximum atomic E-state index is 10.9. The van der Waals surface area contributed by atoms with Crippen LogP contribution in [0.3, 0.4) is 0 Å². The molecule has 1 aromatic carbocycles. The molecule has 17 heavy (non-hydrogen) atoms. The van der Waals surface area contributed by atoms with Crippen LogP contribution in [0.4, 0.5) is 0 Å². The Bertz CT molecular complexity index is 566. The van der Waals surface area contributed by atoms with Gasteiger partial charge in [-0.15, -0.1) is 0 Å². The Morgan fingerprint density at radius 2 is 2.29 bits per heavy atom. The molecule has 0 saturated heterocycles. The van der Waals surface area contributed by atoms with Gasteiger partial charge in [-0.05, 0) is 34.1 Å². The SMILES string of the molecule is COc1ccc(-c2cnc(C(N)=O)[nH]2)cc1Br. The van der Waals surface area contributed by atoms with Gasteiger partial charge in [0.15, 0.2) is 5.82 Å². The molecule has 2 rings (SSSR count). The second-order valence-electron chi connectivity index (χ2n) is 3.36. The fraction of sp³-hybridized carbons (Fsp3) is 0.0909. The molecule has 1 heterocycles. The summed E-state index contributed by atoms with van der Waals surface area (Å²) in [6.45, 7) is 0. The van der Waals surface area contributed by atoms with Gasteiger partial charge in [-0.3, -0.25) is 4.79 Å². The molecular formula is C11H10BrN3O2. The monoisotopic (exact) mass is 295 g/mol. The molecular weight excluding hydrogens is 286 g/mol. The quantitative estimate of drug-likeness (QED) is 0.908. The van der Waals surface area contributed by atoms with Gasteiger partial charge < -0.3 is 15.5 Å². The number of hydrogen-bond donors (Lipinski definition) is 2. The van der Waals surface area contributed by atoms with Crippen molar-refractivity contribution in [3.8, 4) is 17.0 Å². The summed E-state index contributed by atoms with van der Waals surface area (Å²) in [5.74, 6) is 0.305. The van der Waals surface area contributed by atoms with Gasteiger partial charge in [-0.25, -0.2) is 4.98 Å². The van der Waals surface area contributed by atoms with E-state index in [0.717, 1.165) is 21.5 Å². The van der Waals surface area contributed by atoms with Crippen molar-refractivity contribution in [3.63, 3.8) is 0 Å². The first kappa shape index (κ1) is 11.7. The van der Waals surface area contributed by atoms with Crippen molar-refractivity contribution in [2.75, 3.05) is 7.11 Å². The van der Waals surface area contributed by atoms with Crippen molar-refractivity contribution in [2.24, 2.45) is 5.73 Å². The van der Waals surface area contributed by atoms with Gasteiger partial charge in [0.25, 0.3) is 5.91 Å². The highest BCUT2D eigenvalue weighted by molar-refractivity contribution is 9.10. The number of ether oxygens (including phenoxy) is 1. The normalized spacial score (nSPS) is 10.2. The fourth-order valence-corrected chi connectivity index (χ4v) is 1.97. The molecule has 3 N–H and O–H groups in total. The minimum absolute atomic E-state index is 0.145. The molecule has 1 amide bonds. The summed E-state index contributed by atoms with van der Waals surface area (Å²) in [4.78, 5) is 17.6. The molecule has 0 atom stereocenters. The highest BCUT2D eigenvalue weighted by Gasteiger charge is 2.09. The van der Waals surface area contributed by atoms with E-state index in [1.54, 1.807) is 13.3 Å². The van der Waals surface area contributed by atoms with Crippen LogP contribution in [-0.4, -0.2) is 23.0 Å². The van der Waals surface area contributed by atoms with Crippen molar-refractivity contribution in [3.05, 3.63) is 34.7 Å².